The highest BCUT2D eigenvalue weighted by Gasteiger charge is 2.11. The molecular weight excluding hydrogens is 144 g/mol. The minimum absolute atomic E-state index is 0.865. The average molecular weight is 160 g/mol. The molecule has 0 N–H and O–H groups in total. The maximum Gasteiger partial charge on any atom is -0.0253 e. The second-order valence-corrected chi connectivity index (χ2v) is 4.11. The predicted octanol–water partition coefficient (Wildman–Crippen LogP) is 3.12. The largest absolute Gasteiger partial charge is 0.0622 e. The summed E-state index contributed by atoms with van der Waals surface area (Å²) in [7, 11) is 0. The zero-order chi connectivity index (χ0) is 8.55. The number of rotatable bonds is 0. The molecule has 2 rings (SSSR count). The molecule has 1 aromatic rings. The summed E-state index contributed by atoms with van der Waals surface area (Å²) in [6.07, 6.45) is 3.91. The van der Waals surface area contributed by atoms with Gasteiger partial charge in [0, 0.05) is 0 Å². The lowest BCUT2D eigenvalue weighted by Gasteiger charge is -2.04. The Hall–Kier alpha value is -0.780. The third-order valence-corrected chi connectivity index (χ3v) is 2.90. The molecule has 0 spiro atoms. The van der Waals surface area contributed by atoms with E-state index < -0.39 is 0 Å². The molecule has 12 heavy (non-hydrogen) atoms. The van der Waals surface area contributed by atoms with Crippen molar-refractivity contribution in [3.05, 3.63) is 34.9 Å². The molecule has 0 saturated carbocycles. The van der Waals surface area contributed by atoms with E-state index in [1.807, 2.05) is 0 Å². The standard InChI is InChI=1S/C12H16/c1-9-3-6-12-8-11(7-9)5-4-10(12)2/h4-5,8-9H,3,6-7H2,1-2H3. The highest BCUT2D eigenvalue weighted by Crippen LogP contribution is 2.23. The zero-order valence-electron chi connectivity index (χ0n) is 7.93. The molecule has 0 heteroatoms. The van der Waals surface area contributed by atoms with Crippen molar-refractivity contribution in [3.63, 3.8) is 0 Å². The van der Waals surface area contributed by atoms with E-state index in [0.29, 0.717) is 0 Å². The lowest BCUT2D eigenvalue weighted by molar-refractivity contribution is 0.540. The van der Waals surface area contributed by atoms with Gasteiger partial charge in [0.15, 0.2) is 0 Å². The normalized spacial score (nSPS) is 22.0. The number of aryl methyl sites for hydroxylation is 2. The van der Waals surface area contributed by atoms with E-state index in [-0.39, 0.29) is 0 Å². The number of benzene rings is 1. The van der Waals surface area contributed by atoms with Gasteiger partial charge in [-0.05, 0) is 48.8 Å². The van der Waals surface area contributed by atoms with Crippen LogP contribution in [0.3, 0.4) is 0 Å². The smallest absolute Gasteiger partial charge is 0.0253 e. The van der Waals surface area contributed by atoms with Crippen LogP contribution in [-0.4, -0.2) is 0 Å². The van der Waals surface area contributed by atoms with Crippen LogP contribution in [0.5, 0.6) is 0 Å². The molecule has 0 saturated heterocycles. The van der Waals surface area contributed by atoms with Gasteiger partial charge in [-0.15, -0.1) is 0 Å². The fraction of sp³-hybridized carbons (Fsp3) is 0.500. The van der Waals surface area contributed by atoms with Gasteiger partial charge in [0.05, 0.1) is 0 Å². The maximum absolute atomic E-state index is 2.39. The molecule has 2 bridgehead atoms. The third kappa shape index (κ3) is 1.38. The van der Waals surface area contributed by atoms with E-state index >= 15 is 0 Å². The van der Waals surface area contributed by atoms with Crippen molar-refractivity contribution in [2.24, 2.45) is 5.92 Å². The molecule has 1 aromatic carbocycles. The lowest BCUT2D eigenvalue weighted by atomic mass is 10.0. The molecule has 1 atom stereocenters. The molecule has 0 radical (unpaired) electrons. The first-order chi connectivity index (χ1) is 5.75. The SMILES string of the molecule is Cc1ccc2cc1CCC(C)C2. The van der Waals surface area contributed by atoms with Crippen molar-refractivity contribution in [2.75, 3.05) is 0 Å². The minimum Gasteiger partial charge on any atom is -0.0622 e. The van der Waals surface area contributed by atoms with Gasteiger partial charge in [-0.2, -0.15) is 0 Å². The van der Waals surface area contributed by atoms with E-state index in [0.717, 1.165) is 5.92 Å². The second kappa shape index (κ2) is 2.93. The Kier molecular flexibility index (Phi) is 1.92. The fourth-order valence-corrected chi connectivity index (χ4v) is 2.03. The predicted molar refractivity (Wildman–Crippen MR) is 52.4 cm³/mol. The third-order valence-electron chi connectivity index (χ3n) is 2.90. The summed E-state index contributed by atoms with van der Waals surface area (Å²) < 4.78 is 0. The maximum atomic E-state index is 2.39. The summed E-state index contributed by atoms with van der Waals surface area (Å²) >= 11 is 0. The summed E-state index contributed by atoms with van der Waals surface area (Å²) in [4.78, 5) is 0. The van der Waals surface area contributed by atoms with Crippen LogP contribution in [0.15, 0.2) is 18.2 Å². The number of fused-ring (bicyclic) bond motifs is 2. The van der Waals surface area contributed by atoms with Gasteiger partial charge >= 0.3 is 0 Å². The Balaban J connectivity index is 2.40. The van der Waals surface area contributed by atoms with Gasteiger partial charge in [-0.3, -0.25) is 0 Å². The highest BCUT2D eigenvalue weighted by atomic mass is 14.2. The monoisotopic (exact) mass is 160 g/mol. The van der Waals surface area contributed by atoms with Gasteiger partial charge in [-0.25, -0.2) is 0 Å². The van der Waals surface area contributed by atoms with Crippen LogP contribution < -0.4 is 0 Å². The van der Waals surface area contributed by atoms with E-state index in [1.54, 1.807) is 5.56 Å². The first-order valence-corrected chi connectivity index (χ1v) is 4.84. The molecule has 0 amide bonds. The Morgan fingerprint density at radius 1 is 1.33 bits per heavy atom. The molecule has 64 valence electrons. The second-order valence-electron chi connectivity index (χ2n) is 4.11. The van der Waals surface area contributed by atoms with Crippen molar-refractivity contribution < 1.29 is 0 Å². The Morgan fingerprint density at radius 2 is 2.17 bits per heavy atom. The molecule has 1 aliphatic rings. The molecule has 1 aliphatic carbocycles. The van der Waals surface area contributed by atoms with Gasteiger partial charge < -0.3 is 0 Å². The molecule has 0 heterocycles. The van der Waals surface area contributed by atoms with Gasteiger partial charge in [0.25, 0.3) is 0 Å². The van der Waals surface area contributed by atoms with Crippen molar-refractivity contribution in [3.8, 4) is 0 Å². The van der Waals surface area contributed by atoms with E-state index in [1.165, 1.54) is 30.4 Å². The Bertz CT molecular complexity index is 286. The molecule has 0 aromatic heterocycles. The van der Waals surface area contributed by atoms with E-state index in [9.17, 15) is 0 Å². The average Bonchev–Trinajstić information content (AvgIpc) is 2.19. The van der Waals surface area contributed by atoms with Crippen LogP contribution in [0.25, 0.3) is 0 Å². The van der Waals surface area contributed by atoms with E-state index in [2.05, 4.69) is 32.0 Å². The van der Waals surface area contributed by atoms with Crippen LogP contribution in [0.2, 0.25) is 0 Å². The summed E-state index contributed by atoms with van der Waals surface area (Å²) in [5.41, 5.74) is 4.56. The van der Waals surface area contributed by atoms with Crippen LogP contribution >= 0.6 is 0 Å². The topological polar surface area (TPSA) is 0 Å². The van der Waals surface area contributed by atoms with Crippen molar-refractivity contribution in [2.45, 2.75) is 33.1 Å². The molecule has 0 fully saturated rings. The number of hydrogen-bond acceptors (Lipinski definition) is 0. The quantitative estimate of drug-likeness (QED) is 0.547. The van der Waals surface area contributed by atoms with Crippen molar-refractivity contribution in [1.29, 1.82) is 0 Å². The van der Waals surface area contributed by atoms with Crippen LogP contribution in [0, 0.1) is 12.8 Å². The fourth-order valence-electron chi connectivity index (χ4n) is 2.03. The van der Waals surface area contributed by atoms with Gasteiger partial charge in [0.1, 0.15) is 0 Å². The van der Waals surface area contributed by atoms with Crippen LogP contribution in [-0.2, 0) is 12.8 Å². The van der Waals surface area contributed by atoms with Crippen LogP contribution in [0.1, 0.15) is 30.0 Å². The number of hydrogen-bond donors (Lipinski definition) is 0. The summed E-state index contributed by atoms with van der Waals surface area (Å²) in [5.74, 6) is 0.865. The van der Waals surface area contributed by atoms with Gasteiger partial charge in [-0.1, -0.05) is 25.1 Å². The molecular formula is C12H16. The van der Waals surface area contributed by atoms with Crippen LogP contribution in [0.4, 0.5) is 0 Å². The Labute approximate surface area is 74.6 Å². The van der Waals surface area contributed by atoms with Crippen molar-refractivity contribution >= 4 is 0 Å². The summed E-state index contributed by atoms with van der Waals surface area (Å²) in [5, 5.41) is 0. The summed E-state index contributed by atoms with van der Waals surface area (Å²) in [6.45, 7) is 4.57. The van der Waals surface area contributed by atoms with Crippen molar-refractivity contribution in [1.82, 2.24) is 0 Å². The minimum atomic E-state index is 0.865. The first kappa shape index (κ1) is 7.85. The molecule has 0 aliphatic heterocycles. The highest BCUT2D eigenvalue weighted by molar-refractivity contribution is 5.32. The van der Waals surface area contributed by atoms with E-state index in [4.69, 9.17) is 0 Å². The molecule has 1 unspecified atom stereocenters. The van der Waals surface area contributed by atoms with Gasteiger partial charge in [0.2, 0.25) is 0 Å². The Morgan fingerprint density at radius 3 is 3.00 bits per heavy atom. The first-order valence-electron chi connectivity index (χ1n) is 4.84. The lowest BCUT2D eigenvalue weighted by Crippen LogP contribution is -1.96. The summed E-state index contributed by atoms with van der Waals surface area (Å²) in [6, 6.07) is 6.93. The zero-order valence-corrected chi connectivity index (χ0v) is 7.93. The molecule has 0 nitrogen and oxygen atoms in total.